The maximum Gasteiger partial charge on any atom is 0.241 e. The Hall–Kier alpha value is -1.92. The third-order valence-corrected chi connectivity index (χ3v) is 5.81. The maximum atomic E-state index is 12.8. The largest absolute Gasteiger partial charge is 0.339 e. The number of rotatable bonds is 3. The van der Waals surface area contributed by atoms with Crippen molar-refractivity contribution in [3.8, 4) is 0 Å². The van der Waals surface area contributed by atoms with Crippen molar-refractivity contribution < 1.29 is 9.59 Å². The average Bonchev–Trinajstić information content (AvgIpc) is 3.22. The van der Waals surface area contributed by atoms with Crippen LogP contribution in [0.15, 0.2) is 24.3 Å². The van der Waals surface area contributed by atoms with Crippen LogP contribution < -0.4 is 10.2 Å². The number of nitrogens with zero attached hydrogens (tertiary/aromatic N) is 3. The highest BCUT2D eigenvalue weighted by atomic mass is 16.2. The number of anilines is 1. The van der Waals surface area contributed by atoms with Crippen LogP contribution >= 0.6 is 0 Å². The van der Waals surface area contributed by atoms with Gasteiger partial charge in [-0.15, -0.1) is 0 Å². The van der Waals surface area contributed by atoms with Crippen molar-refractivity contribution in [2.24, 2.45) is 0 Å². The van der Waals surface area contributed by atoms with Crippen LogP contribution in [0.2, 0.25) is 0 Å². The first-order valence-corrected chi connectivity index (χ1v) is 9.85. The lowest BCUT2D eigenvalue weighted by Crippen LogP contribution is -2.54. The number of piperazine rings is 1. The summed E-state index contributed by atoms with van der Waals surface area (Å²) in [5, 5.41) is 3.28. The van der Waals surface area contributed by atoms with Crippen molar-refractivity contribution in [1.82, 2.24) is 15.1 Å². The van der Waals surface area contributed by atoms with Gasteiger partial charge in [0.05, 0.1) is 12.6 Å². The van der Waals surface area contributed by atoms with Crippen LogP contribution in [0.4, 0.5) is 5.69 Å². The van der Waals surface area contributed by atoms with Crippen LogP contribution in [0.1, 0.15) is 24.8 Å². The van der Waals surface area contributed by atoms with Gasteiger partial charge in [0.25, 0.3) is 0 Å². The maximum absolute atomic E-state index is 12.8. The summed E-state index contributed by atoms with van der Waals surface area (Å²) in [7, 11) is 0. The van der Waals surface area contributed by atoms with Crippen molar-refractivity contribution in [3.63, 3.8) is 0 Å². The molecule has 0 saturated carbocycles. The quantitative estimate of drug-likeness (QED) is 0.873. The number of benzene rings is 1. The normalized spacial score (nSPS) is 23.8. The molecule has 2 amide bonds. The average molecular weight is 356 g/mol. The van der Waals surface area contributed by atoms with Gasteiger partial charge in [-0.25, -0.2) is 0 Å². The molecule has 3 aliphatic heterocycles. The molecule has 1 unspecified atom stereocenters. The number of para-hydroxylation sites is 1. The molecule has 1 atom stereocenters. The Morgan fingerprint density at radius 2 is 1.85 bits per heavy atom. The number of hydrogen-bond acceptors (Lipinski definition) is 4. The molecule has 1 aromatic rings. The van der Waals surface area contributed by atoms with E-state index < -0.39 is 0 Å². The molecule has 2 fully saturated rings. The molecule has 26 heavy (non-hydrogen) atoms. The molecule has 6 nitrogen and oxygen atoms in total. The van der Waals surface area contributed by atoms with Gasteiger partial charge in [0.1, 0.15) is 0 Å². The molecule has 2 saturated heterocycles. The van der Waals surface area contributed by atoms with Gasteiger partial charge in [-0.2, -0.15) is 0 Å². The summed E-state index contributed by atoms with van der Waals surface area (Å²) in [4.78, 5) is 31.4. The van der Waals surface area contributed by atoms with E-state index in [0.29, 0.717) is 6.54 Å². The van der Waals surface area contributed by atoms with Crippen LogP contribution in [0.25, 0.3) is 0 Å². The second-order valence-electron chi connectivity index (χ2n) is 7.53. The summed E-state index contributed by atoms with van der Waals surface area (Å²) < 4.78 is 0. The Bertz CT molecular complexity index is 664. The highest BCUT2D eigenvalue weighted by molar-refractivity contribution is 5.96. The molecule has 1 aromatic carbocycles. The number of fused-ring (bicyclic) bond motifs is 1. The number of amides is 2. The summed E-state index contributed by atoms with van der Waals surface area (Å²) >= 11 is 0. The van der Waals surface area contributed by atoms with Crippen molar-refractivity contribution >= 4 is 17.5 Å². The zero-order chi connectivity index (χ0) is 17.9. The van der Waals surface area contributed by atoms with Crippen LogP contribution in [-0.4, -0.2) is 73.5 Å². The van der Waals surface area contributed by atoms with E-state index in [4.69, 9.17) is 0 Å². The first-order chi connectivity index (χ1) is 12.7. The lowest BCUT2D eigenvalue weighted by molar-refractivity contribution is -0.135. The number of nitrogens with one attached hydrogen (secondary N) is 1. The van der Waals surface area contributed by atoms with Gasteiger partial charge in [-0.1, -0.05) is 18.2 Å². The minimum atomic E-state index is 0.00744. The molecule has 0 bridgehead atoms. The third-order valence-electron chi connectivity index (χ3n) is 5.81. The molecule has 0 aromatic heterocycles. The van der Waals surface area contributed by atoms with Gasteiger partial charge >= 0.3 is 0 Å². The topological polar surface area (TPSA) is 55.9 Å². The minimum absolute atomic E-state index is 0.00744. The molecule has 6 heteroatoms. The van der Waals surface area contributed by atoms with E-state index in [9.17, 15) is 9.59 Å². The predicted molar refractivity (Wildman–Crippen MR) is 101 cm³/mol. The Labute approximate surface area is 155 Å². The summed E-state index contributed by atoms with van der Waals surface area (Å²) in [5.74, 6) is 0.410. The van der Waals surface area contributed by atoms with Gasteiger partial charge in [0.2, 0.25) is 11.8 Å². The van der Waals surface area contributed by atoms with Gasteiger partial charge < -0.3 is 15.1 Å². The first-order valence-electron chi connectivity index (χ1n) is 9.85. The fourth-order valence-electron chi connectivity index (χ4n) is 4.31. The van der Waals surface area contributed by atoms with E-state index >= 15 is 0 Å². The van der Waals surface area contributed by atoms with Gasteiger partial charge in [-0.05, 0) is 43.9 Å². The SMILES string of the molecule is O=C(C1CCCN1)N1CCN(CC(=O)N2CCCc3ccccc32)CC1. The Balaban J connectivity index is 1.31. The number of carbonyl (C=O) groups excluding carboxylic acids is 2. The van der Waals surface area contributed by atoms with E-state index in [-0.39, 0.29) is 17.9 Å². The standard InChI is InChI=1S/C20H28N4O2/c25-19(24-10-4-6-16-5-1-2-8-18(16)24)15-22-11-13-23(14-12-22)20(26)17-7-3-9-21-17/h1-2,5,8,17,21H,3-4,6-7,9-15H2. The molecular weight excluding hydrogens is 328 g/mol. The van der Waals surface area contributed by atoms with Gasteiger partial charge in [0.15, 0.2) is 0 Å². The number of hydrogen-bond donors (Lipinski definition) is 1. The number of aryl methyl sites for hydroxylation is 1. The smallest absolute Gasteiger partial charge is 0.241 e. The summed E-state index contributed by atoms with van der Waals surface area (Å²) in [6.07, 6.45) is 4.11. The van der Waals surface area contributed by atoms with E-state index in [2.05, 4.69) is 22.3 Å². The lowest BCUT2D eigenvalue weighted by atomic mass is 10.0. The van der Waals surface area contributed by atoms with Crippen molar-refractivity contribution in [2.75, 3.05) is 50.7 Å². The molecule has 0 aliphatic carbocycles. The highest BCUT2D eigenvalue weighted by Gasteiger charge is 2.30. The molecule has 3 heterocycles. The van der Waals surface area contributed by atoms with Crippen molar-refractivity contribution in [1.29, 1.82) is 0 Å². The van der Waals surface area contributed by atoms with E-state index in [1.165, 1.54) is 5.56 Å². The zero-order valence-corrected chi connectivity index (χ0v) is 15.3. The molecule has 140 valence electrons. The third kappa shape index (κ3) is 3.62. The Morgan fingerprint density at radius 3 is 2.62 bits per heavy atom. The van der Waals surface area contributed by atoms with Crippen molar-refractivity contribution in [2.45, 2.75) is 31.7 Å². The fourth-order valence-corrected chi connectivity index (χ4v) is 4.31. The van der Waals surface area contributed by atoms with Gasteiger partial charge in [0, 0.05) is 38.4 Å². The predicted octanol–water partition coefficient (Wildman–Crippen LogP) is 0.862. The second-order valence-corrected chi connectivity index (χ2v) is 7.53. The van der Waals surface area contributed by atoms with Crippen LogP contribution in [0.5, 0.6) is 0 Å². The summed E-state index contributed by atoms with van der Waals surface area (Å²) in [5.41, 5.74) is 2.34. The van der Waals surface area contributed by atoms with Crippen LogP contribution in [0, 0.1) is 0 Å². The van der Waals surface area contributed by atoms with Crippen LogP contribution in [-0.2, 0) is 16.0 Å². The van der Waals surface area contributed by atoms with E-state index in [1.54, 1.807) is 0 Å². The number of carbonyl (C=O) groups is 2. The molecular formula is C20H28N4O2. The Kier molecular flexibility index (Phi) is 5.22. The molecule has 4 rings (SSSR count). The molecule has 0 spiro atoms. The molecule has 3 aliphatic rings. The van der Waals surface area contributed by atoms with Gasteiger partial charge in [-0.3, -0.25) is 14.5 Å². The molecule has 0 radical (unpaired) electrons. The summed E-state index contributed by atoms with van der Waals surface area (Å²) in [6, 6.07) is 8.23. The Morgan fingerprint density at radius 1 is 1.04 bits per heavy atom. The van der Waals surface area contributed by atoms with E-state index in [1.807, 2.05) is 21.9 Å². The highest BCUT2D eigenvalue weighted by Crippen LogP contribution is 2.26. The lowest BCUT2D eigenvalue weighted by Gasteiger charge is -2.37. The monoisotopic (exact) mass is 356 g/mol. The fraction of sp³-hybridized carbons (Fsp3) is 0.600. The van der Waals surface area contributed by atoms with Crippen molar-refractivity contribution in [3.05, 3.63) is 29.8 Å². The second kappa shape index (κ2) is 7.76. The summed E-state index contributed by atoms with van der Waals surface area (Å²) in [6.45, 7) is 5.20. The minimum Gasteiger partial charge on any atom is -0.339 e. The van der Waals surface area contributed by atoms with Crippen LogP contribution in [0.3, 0.4) is 0 Å². The first kappa shape index (κ1) is 17.5. The zero-order valence-electron chi connectivity index (χ0n) is 15.3. The molecule has 1 N–H and O–H groups in total. The van der Waals surface area contributed by atoms with E-state index in [0.717, 1.165) is 70.6 Å².